The van der Waals surface area contributed by atoms with Crippen molar-refractivity contribution in [3.05, 3.63) is 17.5 Å². The number of carboxylic acids is 1. The van der Waals surface area contributed by atoms with E-state index in [0.29, 0.717) is 19.4 Å². The maximum absolute atomic E-state index is 11.8. The predicted molar refractivity (Wildman–Crippen MR) is 70.2 cm³/mol. The minimum Gasteiger partial charge on any atom is -0.479 e. The number of carbonyl (C=O) groups is 2. The molecule has 110 valence electrons. The maximum atomic E-state index is 11.8. The van der Waals surface area contributed by atoms with E-state index < -0.39 is 18.2 Å². The average Bonchev–Trinajstić information content (AvgIpc) is 3.03. The van der Waals surface area contributed by atoms with Gasteiger partial charge in [0.25, 0.3) is 0 Å². The summed E-state index contributed by atoms with van der Waals surface area (Å²) in [6.07, 6.45) is 2.80. The molecule has 1 aliphatic rings. The minimum absolute atomic E-state index is 0.224. The summed E-state index contributed by atoms with van der Waals surface area (Å²) in [6.45, 7) is 2.50. The van der Waals surface area contributed by atoms with Crippen LogP contribution < -0.4 is 5.32 Å². The van der Waals surface area contributed by atoms with Crippen molar-refractivity contribution in [2.75, 3.05) is 6.54 Å². The van der Waals surface area contributed by atoms with Gasteiger partial charge >= 0.3 is 5.97 Å². The largest absolute Gasteiger partial charge is 0.479 e. The van der Waals surface area contributed by atoms with E-state index in [1.807, 2.05) is 6.92 Å². The van der Waals surface area contributed by atoms with Crippen molar-refractivity contribution in [1.82, 2.24) is 15.5 Å². The third kappa shape index (κ3) is 3.57. The number of rotatable bonds is 6. The molecule has 1 aromatic rings. The zero-order valence-electron chi connectivity index (χ0n) is 11.4. The number of carboxylic acid groups (broad SMARTS) is 1. The van der Waals surface area contributed by atoms with Crippen LogP contribution in [0.3, 0.4) is 0 Å². The van der Waals surface area contributed by atoms with Gasteiger partial charge in [-0.3, -0.25) is 9.89 Å². The molecule has 2 rings (SSSR count). The first-order valence-electron chi connectivity index (χ1n) is 6.72. The Hall–Kier alpha value is -1.89. The number of amides is 1. The van der Waals surface area contributed by atoms with Gasteiger partial charge in [-0.2, -0.15) is 5.10 Å². The molecule has 1 amide bonds. The van der Waals surface area contributed by atoms with Crippen molar-refractivity contribution in [1.29, 1.82) is 0 Å². The minimum atomic E-state index is -1.00. The molecule has 3 N–H and O–H groups in total. The molecule has 0 unspecified atom stereocenters. The molecule has 0 spiro atoms. The fourth-order valence-corrected chi connectivity index (χ4v) is 2.24. The van der Waals surface area contributed by atoms with Crippen LogP contribution >= 0.6 is 0 Å². The Kier molecular flexibility index (Phi) is 4.73. The van der Waals surface area contributed by atoms with Crippen molar-refractivity contribution in [2.24, 2.45) is 0 Å². The van der Waals surface area contributed by atoms with Crippen molar-refractivity contribution in [2.45, 2.75) is 44.8 Å². The zero-order valence-corrected chi connectivity index (χ0v) is 11.4. The van der Waals surface area contributed by atoms with E-state index in [2.05, 4.69) is 15.5 Å². The lowest BCUT2D eigenvalue weighted by Gasteiger charge is -2.11. The predicted octanol–water partition coefficient (Wildman–Crippen LogP) is 0.399. The standard InChI is InChI=1S/C13H19N3O4/c1-8-9(7-15-16-8)3-2-6-14-12(17)10-4-5-11(20-10)13(18)19/h7,10-11H,2-6H2,1H3,(H,14,17)(H,15,16)(H,18,19)/t10-,11+/m0/s1. The van der Waals surface area contributed by atoms with Crippen LogP contribution in [-0.2, 0) is 20.7 Å². The number of carbonyl (C=O) groups excluding carboxylic acids is 1. The van der Waals surface area contributed by atoms with Crippen molar-refractivity contribution < 1.29 is 19.4 Å². The summed E-state index contributed by atoms with van der Waals surface area (Å²) < 4.78 is 5.18. The smallest absolute Gasteiger partial charge is 0.332 e. The molecule has 0 radical (unpaired) electrons. The van der Waals surface area contributed by atoms with Gasteiger partial charge in [0.15, 0.2) is 6.10 Å². The van der Waals surface area contributed by atoms with E-state index in [0.717, 1.165) is 24.1 Å². The molecule has 1 aromatic heterocycles. The van der Waals surface area contributed by atoms with Gasteiger partial charge in [0, 0.05) is 12.2 Å². The number of hydrogen-bond donors (Lipinski definition) is 3. The molecule has 1 saturated heterocycles. The summed E-state index contributed by atoms with van der Waals surface area (Å²) in [6, 6.07) is 0. The third-order valence-electron chi connectivity index (χ3n) is 3.44. The van der Waals surface area contributed by atoms with Gasteiger partial charge in [-0.1, -0.05) is 0 Å². The highest BCUT2D eigenvalue weighted by Crippen LogP contribution is 2.19. The fourth-order valence-electron chi connectivity index (χ4n) is 2.24. The molecule has 0 bridgehead atoms. The topological polar surface area (TPSA) is 104 Å². The average molecular weight is 281 g/mol. The van der Waals surface area contributed by atoms with Gasteiger partial charge in [-0.15, -0.1) is 0 Å². The van der Waals surface area contributed by atoms with Crippen molar-refractivity contribution in [3.63, 3.8) is 0 Å². The summed E-state index contributed by atoms with van der Waals surface area (Å²) in [5, 5.41) is 18.4. The Morgan fingerprint density at radius 3 is 2.85 bits per heavy atom. The molecule has 7 heteroatoms. The Morgan fingerprint density at radius 1 is 1.50 bits per heavy atom. The van der Waals surface area contributed by atoms with Gasteiger partial charge in [0.2, 0.25) is 5.91 Å². The molecule has 0 aliphatic carbocycles. The molecule has 2 heterocycles. The molecule has 0 saturated carbocycles. The van der Waals surface area contributed by atoms with E-state index in [-0.39, 0.29) is 5.91 Å². The number of nitrogens with one attached hydrogen (secondary N) is 2. The van der Waals surface area contributed by atoms with Crippen LogP contribution in [0.15, 0.2) is 6.20 Å². The highest BCUT2D eigenvalue weighted by molar-refractivity contribution is 5.82. The quantitative estimate of drug-likeness (QED) is 0.655. The molecule has 0 aromatic carbocycles. The lowest BCUT2D eigenvalue weighted by atomic mass is 10.1. The SMILES string of the molecule is Cc1[nH]ncc1CCCNC(=O)[C@@H]1CC[C@H](C(=O)O)O1. The molecule has 2 atom stereocenters. The summed E-state index contributed by atoms with van der Waals surface area (Å²) in [7, 11) is 0. The van der Waals surface area contributed by atoms with Crippen LogP contribution in [0.2, 0.25) is 0 Å². The number of ether oxygens (including phenoxy) is 1. The molecular weight excluding hydrogens is 262 g/mol. The van der Waals surface area contributed by atoms with Gasteiger partial charge in [0.1, 0.15) is 6.10 Å². The first-order chi connectivity index (χ1) is 9.58. The highest BCUT2D eigenvalue weighted by atomic mass is 16.5. The van der Waals surface area contributed by atoms with E-state index in [1.165, 1.54) is 0 Å². The summed E-state index contributed by atoms with van der Waals surface area (Å²) >= 11 is 0. The number of aromatic nitrogens is 2. The second kappa shape index (κ2) is 6.51. The Labute approximate surface area is 116 Å². The lowest BCUT2D eigenvalue weighted by molar-refractivity contribution is -0.151. The summed E-state index contributed by atoms with van der Waals surface area (Å²) in [4.78, 5) is 22.5. The van der Waals surface area contributed by atoms with Crippen LogP contribution in [0.4, 0.5) is 0 Å². The van der Waals surface area contributed by atoms with Crippen LogP contribution in [-0.4, -0.2) is 45.9 Å². The zero-order chi connectivity index (χ0) is 14.5. The second-order valence-electron chi connectivity index (χ2n) is 4.94. The van der Waals surface area contributed by atoms with Crippen LogP contribution in [0, 0.1) is 6.92 Å². The molecular formula is C13H19N3O4. The van der Waals surface area contributed by atoms with Crippen molar-refractivity contribution in [3.8, 4) is 0 Å². The van der Waals surface area contributed by atoms with Crippen LogP contribution in [0.5, 0.6) is 0 Å². The Morgan fingerprint density at radius 2 is 2.25 bits per heavy atom. The van der Waals surface area contributed by atoms with Gasteiger partial charge < -0.3 is 15.2 Å². The number of H-pyrrole nitrogens is 1. The Balaban J connectivity index is 1.66. The number of aliphatic carboxylic acids is 1. The monoisotopic (exact) mass is 281 g/mol. The third-order valence-corrected chi connectivity index (χ3v) is 3.44. The van der Waals surface area contributed by atoms with Gasteiger partial charge in [-0.05, 0) is 38.2 Å². The molecule has 1 fully saturated rings. The summed E-state index contributed by atoms with van der Waals surface area (Å²) in [5.74, 6) is -1.23. The number of nitrogens with zero attached hydrogens (tertiary/aromatic N) is 1. The molecule has 1 aliphatic heterocycles. The van der Waals surface area contributed by atoms with Crippen molar-refractivity contribution >= 4 is 11.9 Å². The van der Waals surface area contributed by atoms with E-state index in [9.17, 15) is 9.59 Å². The number of aryl methyl sites for hydroxylation is 2. The summed E-state index contributed by atoms with van der Waals surface area (Å²) in [5.41, 5.74) is 2.18. The first-order valence-corrected chi connectivity index (χ1v) is 6.72. The first kappa shape index (κ1) is 14.5. The van der Waals surface area contributed by atoms with Gasteiger partial charge in [-0.25, -0.2) is 4.79 Å². The second-order valence-corrected chi connectivity index (χ2v) is 4.94. The maximum Gasteiger partial charge on any atom is 0.332 e. The van der Waals surface area contributed by atoms with E-state index >= 15 is 0 Å². The van der Waals surface area contributed by atoms with E-state index in [4.69, 9.17) is 9.84 Å². The normalized spacial score (nSPS) is 21.9. The molecule has 20 heavy (non-hydrogen) atoms. The lowest BCUT2D eigenvalue weighted by Crippen LogP contribution is -2.36. The van der Waals surface area contributed by atoms with Crippen LogP contribution in [0.25, 0.3) is 0 Å². The van der Waals surface area contributed by atoms with Gasteiger partial charge in [0.05, 0.1) is 6.20 Å². The number of aromatic amines is 1. The highest BCUT2D eigenvalue weighted by Gasteiger charge is 2.34. The van der Waals surface area contributed by atoms with E-state index in [1.54, 1.807) is 6.20 Å². The van der Waals surface area contributed by atoms with Crippen LogP contribution in [0.1, 0.15) is 30.5 Å². The molecule has 7 nitrogen and oxygen atoms in total. The Bertz CT molecular complexity index is 486. The number of hydrogen-bond acceptors (Lipinski definition) is 4. The fraction of sp³-hybridized carbons (Fsp3) is 0.615.